The number of nitrogens with zero attached hydrogens (tertiary/aromatic N) is 3. The number of halogens is 3. The zero-order valence-corrected chi connectivity index (χ0v) is 11.6. The quantitative estimate of drug-likeness (QED) is 0.851. The largest absolute Gasteiger partial charge is 0.449 e. The molecule has 2 aromatic rings. The lowest BCUT2D eigenvalue weighted by molar-refractivity contribution is -0.148. The summed E-state index contributed by atoms with van der Waals surface area (Å²) in [6.07, 6.45) is -4.61. The minimum absolute atomic E-state index is 0.226. The lowest BCUT2D eigenvalue weighted by atomic mass is 10.3. The fraction of sp³-hybridized carbons (Fsp3) is 0.429. The molecule has 0 saturated carbocycles. The van der Waals surface area contributed by atoms with Gasteiger partial charge in [0, 0.05) is 13.1 Å². The van der Waals surface area contributed by atoms with Crippen LogP contribution in [0.2, 0.25) is 0 Å². The minimum atomic E-state index is -4.61. The Morgan fingerprint density at radius 1 is 1.23 bits per heavy atom. The monoisotopic (exact) mass is 313 g/mol. The van der Waals surface area contributed by atoms with Crippen molar-refractivity contribution in [2.45, 2.75) is 12.7 Å². The van der Waals surface area contributed by atoms with E-state index >= 15 is 0 Å². The molecule has 1 fully saturated rings. The number of fused-ring (bicyclic) bond motifs is 1. The molecule has 22 heavy (non-hydrogen) atoms. The Morgan fingerprint density at radius 3 is 2.59 bits per heavy atom. The van der Waals surface area contributed by atoms with E-state index in [0.717, 1.165) is 4.57 Å². The molecular weight excluding hydrogens is 299 g/mol. The molecule has 8 heteroatoms. The second-order valence-electron chi connectivity index (χ2n) is 5.00. The fourth-order valence-corrected chi connectivity index (χ4v) is 2.50. The molecule has 0 spiro atoms. The molecule has 0 aliphatic carbocycles. The van der Waals surface area contributed by atoms with E-state index in [9.17, 15) is 18.0 Å². The first-order chi connectivity index (χ1) is 10.5. The van der Waals surface area contributed by atoms with E-state index in [1.54, 1.807) is 12.1 Å². The number of carbonyl (C=O) groups excluding carboxylic acids is 1. The van der Waals surface area contributed by atoms with Gasteiger partial charge >= 0.3 is 6.18 Å². The molecule has 0 N–H and O–H groups in total. The zero-order valence-electron chi connectivity index (χ0n) is 11.6. The van der Waals surface area contributed by atoms with Crippen LogP contribution in [-0.4, -0.2) is 46.7 Å². The maximum atomic E-state index is 13.2. The van der Waals surface area contributed by atoms with Crippen molar-refractivity contribution in [1.29, 1.82) is 0 Å². The zero-order chi connectivity index (χ0) is 15.7. The number of imidazole rings is 1. The number of alkyl halides is 3. The molecule has 0 bridgehead atoms. The molecule has 1 aromatic carbocycles. The highest BCUT2D eigenvalue weighted by Gasteiger charge is 2.38. The summed E-state index contributed by atoms with van der Waals surface area (Å²) >= 11 is 0. The van der Waals surface area contributed by atoms with E-state index in [2.05, 4.69) is 4.98 Å². The molecule has 5 nitrogen and oxygen atoms in total. The molecule has 1 saturated heterocycles. The van der Waals surface area contributed by atoms with E-state index in [-0.39, 0.29) is 18.0 Å². The van der Waals surface area contributed by atoms with Crippen LogP contribution in [0.1, 0.15) is 5.82 Å². The Hall–Kier alpha value is -2.09. The smallest absolute Gasteiger partial charge is 0.378 e. The van der Waals surface area contributed by atoms with Gasteiger partial charge in [-0.25, -0.2) is 4.98 Å². The number of amides is 1. The lowest BCUT2D eigenvalue weighted by Crippen LogP contribution is -2.42. The summed E-state index contributed by atoms with van der Waals surface area (Å²) in [5, 5.41) is 0. The lowest BCUT2D eigenvalue weighted by Gasteiger charge is -2.27. The van der Waals surface area contributed by atoms with Gasteiger partial charge in [0.05, 0.1) is 24.2 Å². The molecule has 0 atom stereocenters. The number of hydrogen-bond donors (Lipinski definition) is 0. The third kappa shape index (κ3) is 2.78. The van der Waals surface area contributed by atoms with Gasteiger partial charge in [0.15, 0.2) is 0 Å². The van der Waals surface area contributed by atoms with Crippen LogP contribution in [0.4, 0.5) is 13.2 Å². The first-order valence-corrected chi connectivity index (χ1v) is 6.85. The molecule has 1 aliphatic rings. The summed E-state index contributed by atoms with van der Waals surface area (Å²) in [6, 6.07) is 6.27. The summed E-state index contributed by atoms with van der Waals surface area (Å²) < 4.78 is 45.5. The molecular formula is C14H14F3N3O2. The number of para-hydroxylation sites is 2. The van der Waals surface area contributed by atoms with Gasteiger partial charge in [0.25, 0.3) is 0 Å². The molecule has 1 aliphatic heterocycles. The number of ether oxygens (including phenoxy) is 1. The Kier molecular flexibility index (Phi) is 3.78. The van der Waals surface area contributed by atoms with Gasteiger partial charge < -0.3 is 14.2 Å². The fourth-order valence-electron chi connectivity index (χ4n) is 2.50. The third-order valence-electron chi connectivity index (χ3n) is 3.57. The van der Waals surface area contributed by atoms with E-state index in [1.165, 1.54) is 17.0 Å². The number of carbonyl (C=O) groups is 1. The highest BCUT2D eigenvalue weighted by molar-refractivity contribution is 5.81. The van der Waals surface area contributed by atoms with Crippen LogP contribution in [0, 0.1) is 0 Å². The van der Waals surface area contributed by atoms with Crippen LogP contribution in [0.5, 0.6) is 0 Å². The summed E-state index contributed by atoms with van der Waals surface area (Å²) in [5.41, 5.74) is 0.529. The highest BCUT2D eigenvalue weighted by Crippen LogP contribution is 2.31. The Balaban J connectivity index is 1.96. The molecule has 0 radical (unpaired) electrons. The average molecular weight is 313 g/mol. The van der Waals surface area contributed by atoms with Gasteiger partial charge in [0.2, 0.25) is 11.7 Å². The Morgan fingerprint density at radius 2 is 1.91 bits per heavy atom. The van der Waals surface area contributed by atoms with Crippen molar-refractivity contribution in [3.63, 3.8) is 0 Å². The van der Waals surface area contributed by atoms with Crippen molar-refractivity contribution < 1.29 is 22.7 Å². The predicted octanol–water partition coefficient (Wildman–Crippen LogP) is 1.91. The van der Waals surface area contributed by atoms with Gasteiger partial charge in [-0.3, -0.25) is 4.79 Å². The summed E-state index contributed by atoms with van der Waals surface area (Å²) in [6.45, 7) is 1.22. The second-order valence-corrected chi connectivity index (χ2v) is 5.00. The summed E-state index contributed by atoms with van der Waals surface area (Å²) in [7, 11) is 0. The maximum Gasteiger partial charge on any atom is 0.449 e. The number of hydrogen-bond acceptors (Lipinski definition) is 3. The van der Waals surface area contributed by atoms with Gasteiger partial charge in [-0.15, -0.1) is 0 Å². The van der Waals surface area contributed by atoms with Gasteiger partial charge in [-0.2, -0.15) is 13.2 Å². The van der Waals surface area contributed by atoms with Crippen LogP contribution in [0.25, 0.3) is 11.0 Å². The molecule has 3 rings (SSSR count). The SMILES string of the molecule is O=C(Cn1c(C(F)(F)F)nc2ccccc21)N1CCOCC1. The molecule has 1 amide bonds. The predicted molar refractivity (Wildman–Crippen MR) is 72.1 cm³/mol. The standard InChI is InChI=1S/C14H14F3N3O2/c15-14(16,17)13-18-10-3-1-2-4-11(10)20(13)9-12(21)19-5-7-22-8-6-19/h1-4H,5-9H2. The van der Waals surface area contributed by atoms with Crippen molar-refractivity contribution in [2.24, 2.45) is 0 Å². The van der Waals surface area contributed by atoms with Crippen molar-refractivity contribution in [1.82, 2.24) is 14.5 Å². The number of morpholine rings is 1. The van der Waals surface area contributed by atoms with Crippen LogP contribution >= 0.6 is 0 Å². The van der Waals surface area contributed by atoms with Crippen molar-refractivity contribution in [3.8, 4) is 0 Å². The molecule has 2 heterocycles. The normalized spacial score (nSPS) is 16.2. The summed E-state index contributed by atoms with van der Waals surface area (Å²) in [5.74, 6) is -1.41. The van der Waals surface area contributed by atoms with E-state index in [4.69, 9.17) is 4.74 Å². The maximum absolute atomic E-state index is 13.2. The van der Waals surface area contributed by atoms with Crippen molar-refractivity contribution in [3.05, 3.63) is 30.1 Å². The number of benzene rings is 1. The van der Waals surface area contributed by atoms with Gasteiger partial charge in [-0.1, -0.05) is 12.1 Å². The Bertz CT molecular complexity index is 690. The topological polar surface area (TPSA) is 47.4 Å². The van der Waals surface area contributed by atoms with Crippen molar-refractivity contribution in [2.75, 3.05) is 26.3 Å². The van der Waals surface area contributed by atoms with Crippen LogP contribution in [0.3, 0.4) is 0 Å². The van der Waals surface area contributed by atoms with Crippen LogP contribution in [0.15, 0.2) is 24.3 Å². The van der Waals surface area contributed by atoms with Gasteiger partial charge in [-0.05, 0) is 12.1 Å². The average Bonchev–Trinajstić information content (AvgIpc) is 2.87. The highest BCUT2D eigenvalue weighted by atomic mass is 19.4. The van der Waals surface area contributed by atoms with E-state index in [0.29, 0.717) is 31.8 Å². The van der Waals surface area contributed by atoms with E-state index in [1.807, 2.05) is 0 Å². The van der Waals surface area contributed by atoms with E-state index < -0.39 is 12.0 Å². The number of aromatic nitrogens is 2. The molecule has 1 aromatic heterocycles. The molecule has 118 valence electrons. The number of rotatable bonds is 2. The Labute approximate surface area is 124 Å². The van der Waals surface area contributed by atoms with Crippen molar-refractivity contribution >= 4 is 16.9 Å². The van der Waals surface area contributed by atoms with Crippen LogP contribution in [-0.2, 0) is 22.3 Å². The third-order valence-corrected chi connectivity index (χ3v) is 3.57. The summed E-state index contributed by atoms with van der Waals surface area (Å²) in [4.78, 5) is 17.4. The van der Waals surface area contributed by atoms with Crippen LogP contribution < -0.4 is 0 Å². The first kappa shape index (κ1) is 14.8. The first-order valence-electron chi connectivity index (χ1n) is 6.85. The minimum Gasteiger partial charge on any atom is -0.378 e. The second kappa shape index (κ2) is 5.60. The van der Waals surface area contributed by atoms with Gasteiger partial charge in [0.1, 0.15) is 6.54 Å². The molecule has 0 unspecified atom stereocenters.